The molecular formula is H8N4O2Ru-4. The zero-order valence-electron chi connectivity index (χ0n) is 3.48. The van der Waals surface area contributed by atoms with Crippen LogP contribution in [0.3, 0.4) is 0 Å². The summed E-state index contributed by atoms with van der Waals surface area (Å²) < 4.78 is 16.9. The monoisotopic (exact) mass is 198 g/mol. The second-order valence-electron chi connectivity index (χ2n) is 0.0589. The van der Waals surface area contributed by atoms with Gasteiger partial charge in [0, 0.05) is 0 Å². The van der Waals surface area contributed by atoms with Crippen molar-refractivity contribution in [1.82, 2.24) is 0 Å². The molecule has 52 valence electrons. The van der Waals surface area contributed by atoms with Gasteiger partial charge in [-0.1, -0.05) is 0 Å². The maximum atomic E-state index is 8.46. The van der Waals surface area contributed by atoms with Crippen molar-refractivity contribution in [2.45, 2.75) is 0 Å². The minimum atomic E-state index is -1.79. The molecule has 0 spiro atoms. The first-order chi connectivity index (χ1) is 1.41. The van der Waals surface area contributed by atoms with Crippen molar-refractivity contribution < 1.29 is 24.2 Å². The van der Waals surface area contributed by atoms with Gasteiger partial charge in [0.15, 0.2) is 0 Å². The van der Waals surface area contributed by atoms with Gasteiger partial charge in [-0.25, -0.2) is 0 Å². The van der Waals surface area contributed by atoms with Crippen LogP contribution in [0.4, 0.5) is 0 Å². The van der Waals surface area contributed by atoms with Crippen LogP contribution >= 0.6 is 0 Å². The third-order valence-electron chi connectivity index (χ3n) is 0. The predicted octanol–water partition coefficient (Wildman–Crippen LogP) is 2.63. The first kappa shape index (κ1) is 61.0. The predicted molar refractivity (Wildman–Crippen MR) is 22.5 cm³/mol. The summed E-state index contributed by atoms with van der Waals surface area (Å²) >= 11 is -1.79. The van der Waals surface area contributed by atoms with Crippen LogP contribution in [-0.4, -0.2) is 0 Å². The summed E-state index contributed by atoms with van der Waals surface area (Å²) in [5, 5.41) is 0. The zero-order valence-corrected chi connectivity index (χ0v) is 5.22. The molecule has 0 aliphatic carbocycles. The van der Waals surface area contributed by atoms with Gasteiger partial charge in [-0.3, -0.25) is 0 Å². The fraction of sp³-hybridized carbons (Fsp3) is 0. The number of hydrogen-bond acceptors (Lipinski definition) is 2. The van der Waals surface area contributed by atoms with E-state index >= 15 is 0 Å². The van der Waals surface area contributed by atoms with Crippen LogP contribution in [0.15, 0.2) is 0 Å². The molecule has 0 heterocycles. The summed E-state index contributed by atoms with van der Waals surface area (Å²) in [6, 6.07) is 0. The van der Waals surface area contributed by atoms with Gasteiger partial charge in [0.1, 0.15) is 0 Å². The van der Waals surface area contributed by atoms with Crippen LogP contribution in [0.25, 0.3) is 24.6 Å². The van der Waals surface area contributed by atoms with Crippen LogP contribution in [0.2, 0.25) is 0 Å². The third kappa shape index (κ3) is 24900. The summed E-state index contributed by atoms with van der Waals surface area (Å²) in [7, 11) is 0. The van der Waals surface area contributed by atoms with Crippen molar-refractivity contribution in [3.8, 4) is 0 Å². The Morgan fingerprint density at radius 1 is 0.714 bits per heavy atom. The third-order valence-corrected chi connectivity index (χ3v) is 0. The topological polar surface area (TPSA) is 168 Å². The van der Waals surface area contributed by atoms with Crippen molar-refractivity contribution in [2.75, 3.05) is 0 Å². The Kier molecular flexibility index (Phi) is 1200. The number of rotatable bonds is 0. The fourth-order valence-corrected chi connectivity index (χ4v) is 0. The van der Waals surface area contributed by atoms with Crippen molar-refractivity contribution in [3.63, 3.8) is 0 Å². The van der Waals surface area contributed by atoms with E-state index in [1.165, 1.54) is 0 Å². The van der Waals surface area contributed by atoms with E-state index in [1.807, 2.05) is 0 Å². The van der Waals surface area contributed by atoms with Gasteiger partial charge in [0.05, 0.1) is 0 Å². The van der Waals surface area contributed by atoms with Gasteiger partial charge in [-0.15, -0.1) is 0 Å². The molecule has 0 atom stereocenters. The molecule has 0 aromatic heterocycles. The molecule has 0 aromatic carbocycles. The summed E-state index contributed by atoms with van der Waals surface area (Å²) in [6.07, 6.45) is 0. The van der Waals surface area contributed by atoms with Crippen LogP contribution in [0, 0.1) is 0 Å². The van der Waals surface area contributed by atoms with E-state index in [0.29, 0.717) is 0 Å². The van der Waals surface area contributed by atoms with Crippen LogP contribution in [0.5, 0.6) is 0 Å². The van der Waals surface area contributed by atoms with E-state index in [1.54, 1.807) is 0 Å². The molecule has 8 N–H and O–H groups in total. The van der Waals surface area contributed by atoms with Gasteiger partial charge in [-0.2, -0.15) is 0 Å². The molecule has 0 aliphatic heterocycles. The van der Waals surface area contributed by atoms with Crippen LogP contribution in [0.1, 0.15) is 0 Å². The van der Waals surface area contributed by atoms with Crippen molar-refractivity contribution in [3.05, 3.63) is 24.6 Å². The Morgan fingerprint density at radius 2 is 0.714 bits per heavy atom. The SMILES string of the molecule is [NH2-].[NH2-].[NH2-].[NH2-].[O]=[Ru]=[O]. The van der Waals surface area contributed by atoms with E-state index in [0.717, 1.165) is 0 Å². The molecule has 0 bridgehead atoms. The second kappa shape index (κ2) is 137. The van der Waals surface area contributed by atoms with E-state index in [9.17, 15) is 0 Å². The van der Waals surface area contributed by atoms with Gasteiger partial charge in [0.25, 0.3) is 0 Å². The normalized spacial score (nSPS) is 2.29. The quantitative estimate of drug-likeness (QED) is 0.544. The Hall–Kier alpha value is 0.0634. The van der Waals surface area contributed by atoms with Gasteiger partial charge in [-0.05, 0) is 0 Å². The molecule has 0 rings (SSSR count). The summed E-state index contributed by atoms with van der Waals surface area (Å²) in [6.45, 7) is 0. The minimum absolute atomic E-state index is 0. The first-order valence-electron chi connectivity index (χ1n) is 0.289. The summed E-state index contributed by atoms with van der Waals surface area (Å²) in [4.78, 5) is 0. The molecule has 0 saturated carbocycles. The van der Waals surface area contributed by atoms with Gasteiger partial charge >= 0.3 is 24.2 Å². The number of hydrogen-bond donors (Lipinski definition) is 0. The van der Waals surface area contributed by atoms with Gasteiger partial charge < -0.3 is 24.6 Å². The molecule has 7 heavy (non-hydrogen) atoms. The zero-order chi connectivity index (χ0) is 2.71. The second-order valence-corrected chi connectivity index (χ2v) is 0.349. The molecule has 0 saturated heterocycles. The standard InChI is InChI=1S/4H2N.2O.Ru/h4*1H2;;;/q4*-1;;;. The molecule has 0 aliphatic rings. The summed E-state index contributed by atoms with van der Waals surface area (Å²) in [5.74, 6) is 0. The molecule has 0 amide bonds. The Labute approximate surface area is 49.5 Å². The number of nitrogens with two attached hydrogens (primary N) is 4. The van der Waals surface area contributed by atoms with Crippen molar-refractivity contribution >= 4 is 0 Å². The van der Waals surface area contributed by atoms with E-state index in [2.05, 4.69) is 0 Å². The first-order valence-corrected chi connectivity index (χ1v) is 1.71. The average molecular weight is 197 g/mol. The van der Waals surface area contributed by atoms with Crippen LogP contribution < -0.4 is 0 Å². The van der Waals surface area contributed by atoms with E-state index in [-0.39, 0.29) is 24.6 Å². The van der Waals surface area contributed by atoms with Crippen molar-refractivity contribution in [1.29, 1.82) is 0 Å². The molecule has 0 unspecified atom stereocenters. The maximum absolute atomic E-state index is 8.46. The Bertz CT molecular complexity index is 30.7. The molecule has 7 heteroatoms. The van der Waals surface area contributed by atoms with Crippen LogP contribution in [-0.2, 0) is 24.2 Å². The molecule has 0 fully saturated rings. The molecular weight excluding hydrogens is 189 g/mol. The Balaban J connectivity index is -0.00000000333. The summed E-state index contributed by atoms with van der Waals surface area (Å²) in [5.41, 5.74) is 0. The average Bonchev–Trinajstić information content (AvgIpc) is 0.918. The van der Waals surface area contributed by atoms with E-state index < -0.39 is 17.0 Å². The van der Waals surface area contributed by atoms with Crippen molar-refractivity contribution in [2.24, 2.45) is 0 Å². The fourth-order valence-electron chi connectivity index (χ4n) is 0. The molecule has 6 nitrogen and oxygen atoms in total. The molecule has 0 aromatic rings. The van der Waals surface area contributed by atoms with E-state index in [4.69, 9.17) is 7.15 Å². The molecule has 0 radical (unpaired) electrons. The van der Waals surface area contributed by atoms with Gasteiger partial charge in [0.2, 0.25) is 0 Å². The Morgan fingerprint density at radius 3 is 0.714 bits per heavy atom.